The molecule has 0 saturated heterocycles. The molecule has 0 heterocycles. The maximum atomic E-state index is 12.3. The SMILES string of the molecule is CCC(C)CSCC(NC(C)C)(C(=O)OC)C1CC1. The lowest BCUT2D eigenvalue weighted by molar-refractivity contribution is -0.148. The molecule has 2 atom stereocenters. The molecule has 1 aliphatic carbocycles. The van der Waals surface area contributed by atoms with Gasteiger partial charge >= 0.3 is 5.97 Å². The Morgan fingerprint density at radius 3 is 2.47 bits per heavy atom. The zero-order valence-corrected chi connectivity index (χ0v) is 13.8. The van der Waals surface area contributed by atoms with Crippen LogP contribution in [0.1, 0.15) is 47.0 Å². The van der Waals surface area contributed by atoms with Gasteiger partial charge in [-0.05, 0) is 44.3 Å². The highest BCUT2D eigenvalue weighted by molar-refractivity contribution is 7.99. The maximum Gasteiger partial charge on any atom is 0.327 e. The van der Waals surface area contributed by atoms with Crippen LogP contribution in [0.4, 0.5) is 0 Å². The number of rotatable bonds is 9. The standard InChI is InChI=1S/C15H29NO2S/c1-6-12(4)9-19-10-15(13-7-8-13,14(17)18-5)16-11(2)3/h11-13,16H,6-10H2,1-5H3. The number of methoxy groups -OCH3 is 1. The second-order valence-electron chi connectivity index (χ2n) is 6.06. The summed E-state index contributed by atoms with van der Waals surface area (Å²) in [6.07, 6.45) is 3.47. The molecule has 112 valence electrons. The molecule has 0 aromatic heterocycles. The highest BCUT2D eigenvalue weighted by atomic mass is 32.2. The maximum absolute atomic E-state index is 12.3. The third kappa shape index (κ3) is 4.67. The fourth-order valence-electron chi connectivity index (χ4n) is 2.37. The van der Waals surface area contributed by atoms with Gasteiger partial charge in [0.1, 0.15) is 5.54 Å². The molecule has 0 spiro atoms. The number of nitrogens with one attached hydrogen (secondary N) is 1. The Morgan fingerprint density at radius 2 is 2.05 bits per heavy atom. The van der Waals surface area contributed by atoms with Gasteiger partial charge in [0.25, 0.3) is 0 Å². The summed E-state index contributed by atoms with van der Waals surface area (Å²) in [4.78, 5) is 12.3. The van der Waals surface area contributed by atoms with Crippen molar-refractivity contribution < 1.29 is 9.53 Å². The minimum atomic E-state index is -0.471. The summed E-state index contributed by atoms with van der Waals surface area (Å²) in [5.41, 5.74) is -0.471. The lowest BCUT2D eigenvalue weighted by Crippen LogP contribution is -2.59. The molecular formula is C15H29NO2S. The van der Waals surface area contributed by atoms with Gasteiger partial charge in [-0.2, -0.15) is 11.8 Å². The third-order valence-corrected chi connectivity index (χ3v) is 5.26. The average Bonchev–Trinajstić information content (AvgIpc) is 3.20. The Balaban J connectivity index is 2.69. The Hall–Kier alpha value is -0.220. The van der Waals surface area contributed by atoms with Crippen LogP contribution in [0, 0.1) is 11.8 Å². The molecule has 1 N–H and O–H groups in total. The van der Waals surface area contributed by atoms with Crippen molar-refractivity contribution in [2.75, 3.05) is 18.6 Å². The van der Waals surface area contributed by atoms with Crippen molar-refractivity contribution in [1.29, 1.82) is 0 Å². The summed E-state index contributed by atoms with van der Waals surface area (Å²) in [5, 5.41) is 3.50. The Bertz CT molecular complexity index is 292. The van der Waals surface area contributed by atoms with Gasteiger partial charge in [-0.25, -0.2) is 0 Å². The lowest BCUT2D eigenvalue weighted by atomic mass is 9.94. The quantitative estimate of drug-likeness (QED) is 0.661. The third-order valence-electron chi connectivity index (χ3n) is 3.80. The van der Waals surface area contributed by atoms with E-state index in [4.69, 9.17) is 4.74 Å². The van der Waals surface area contributed by atoms with E-state index >= 15 is 0 Å². The van der Waals surface area contributed by atoms with E-state index < -0.39 is 5.54 Å². The first kappa shape index (κ1) is 16.8. The van der Waals surface area contributed by atoms with Crippen LogP contribution in [0.5, 0.6) is 0 Å². The fourth-order valence-corrected chi connectivity index (χ4v) is 3.89. The first-order valence-corrected chi connectivity index (χ1v) is 8.55. The van der Waals surface area contributed by atoms with Crippen molar-refractivity contribution in [3.63, 3.8) is 0 Å². The predicted molar refractivity (Wildman–Crippen MR) is 82.5 cm³/mol. The molecule has 0 bridgehead atoms. The van der Waals surface area contributed by atoms with Gasteiger partial charge in [0.15, 0.2) is 0 Å². The van der Waals surface area contributed by atoms with E-state index in [2.05, 4.69) is 33.0 Å². The monoisotopic (exact) mass is 287 g/mol. The molecule has 0 amide bonds. The molecule has 4 heteroatoms. The molecule has 1 saturated carbocycles. The summed E-state index contributed by atoms with van der Waals surface area (Å²) in [6, 6.07) is 0.295. The van der Waals surface area contributed by atoms with E-state index in [0.717, 1.165) is 24.3 Å². The first-order valence-electron chi connectivity index (χ1n) is 7.40. The Labute approximate surface area is 122 Å². The molecule has 2 unspecified atom stereocenters. The summed E-state index contributed by atoms with van der Waals surface area (Å²) in [5.74, 6) is 3.01. The molecule has 19 heavy (non-hydrogen) atoms. The number of thioether (sulfide) groups is 1. The average molecular weight is 287 g/mol. The van der Waals surface area contributed by atoms with Crippen LogP contribution in [0.3, 0.4) is 0 Å². The van der Waals surface area contributed by atoms with Gasteiger partial charge in [0, 0.05) is 11.8 Å². The van der Waals surface area contributed by atoms with Crippen LogP contribution in [0.2, 0.25) is 0 Å². The van der Waals surface area contributed by atoms with Crippen molar-refractivity contribution >= 4 is 17.7 Å². The molecular weight excluding hydrogens is 258 g/mol. The Kier molecular flexibility index (Phi) is 6.67. The molecule has 0 radical (unpaired) electrons. The van der Waals surface area contributed by atoms with Gasteiger partial charge in [0.2, 0.25) is 0 Å². The zero-order chi connectivity index (χ0) is 14.5. The van der Waals surface area contributed by atoms with E-state index in [-0.39, 0.29) is 5.97 Å². The smallest absolute Gasteiger partial charge is 0.327 e. The molecule has 0 aromatic rings. The van der Waals surface area contributed by atoms with E-state index in [1.54, 1.807) is 0 Å². The molecule has 0 aliphatic heterocycles. The second-order valence-corrected chi connectivity index (χ2v) is 7.10. The van der Waals surface area contributed by atoms with Crippen LogP contribution in [-0.2, 0) is 9.53 Å². The zero-order valence-electron chi connectivity index (χ0n) is 13.0. The van der Waals surface area contributed by atoms with E-state index in [9.17, 15) is 4.79 Å². The molecule has 1 fully saturated rings. The van der Waals surface area contributed by atoms with Crippen molar-refractivity contribution in [2.24, 2.45) is 11.8 Å². The number of carbonyl (C=O) groups excluding carboxylic acids is 1. The number of carbonyl (C=O) groups is 1. The van der Waals surface area contributed by atoms with Crippen LogP contribution in [0.25, 0.3) is 0 Å². The topological polar surface area (TPSA) is 38.3 Å². The van der Waals surface area contributed by atoms with Gasteiger partial charge in [-0.15, -0.1) is 0 Å². The van der Waals surface area contributed by atoms with Crippen LogP contribution in [-0.4, -0.2) is 36.2 Å². The summed E-state index contributed by atoms with van der Waals surface area (Å²) >= 11 is 1.88. The van der Waals surface area contributed by atoms with E-state index in [1.807, 2.05) is 11.8 Å². The molecule has 1 rings (SSSR count). The number of esters is 1. The molecule has 1 aliphatic rings. The van der Waals surface area contributed by atoms with Gasteiger partial charge in [0.05, 0.1) is 7.11 Å². The summed E-state index contributed by atoms with van der Waals surface area (Å²) in [6.45, 7) is 8.67. The van der Waals surface area contributed by atoms with Crippen LogP contribution in [0.15, 0.2) is 0 Å². The predicted octanol–water partition coefficient (Wildman–Crippen LogP) is 3.09. The largest absolute Gasteiger partial charge is 0.468 e. The van der Waals surface area contributed by atoms with Gasteiger partial charge in [-0.1, -0.05) is 20.3 Å². The summed E-state index contributed by atoms with van der Waals surface area (Å²) < 4.78 is 5.09. The lowest BCUT2D eigenvalue weighted by Gasteiger charge is -2.34. The van der Waals surface area contributed by atoms with Gasteiger partial charge < -0.3 is 4.74 Å². The van der Waals surface area contributed by atoms with E-state index in [0.29, 0.717) is 17.9 Å². The Morgan fingerprint density at radius 1 is 1.42 bits per heavy atom. The van der Waals surface area contributed by atoms with Crippen molar-refractivity contribution in [2.45, 2.75) is 58.5 Å². The van der Waals surface area contributed by atoms with Gasteiger partial charge in [-0.3, -0.25) is 10.1 Å². The second kappa shape index (κ2) is 7.53. The van der Waals surface area contributed by atoms with Crippen LogP contribution >= 0.6 is 11.8 Å². The summed E-state index contributed by atoms with van der Waals surface area (Å²) in [7, 11) is 1.50. The van der Waals surface area contributed by atoms with Crippen molar-refractivity contribution in [3.05, 3.63) is 0 Å². The highest BCUT2D eigenvalue weighted by Crippen LogP contribution is 2.42. The van der Waals surface area contributed by atoms with Crippen molar-refractivity contribution in [1.82, 2.24) is 5.32 Å². The first-order chi connectivity index (χ1) is 8.96. The number of ether oxygens (including phenoxy) is 1. The molecule has 3 nitrogen and oxygen atoms in total. The normalized spacial score (nSPS) is 20.1. The minimum Gasteiger partial charge on any atom is -0.468 e. The van der Waals surface area contributed by atoms with Crippen LogP contribution < -0.4 is 5.32 Å². The minimum absolute atomic E-state index is 0.0830. The molecule has 0 aromatic carbocycles. The number of hydrogen-bond acceptors (Lipinski definition) is 4. The highest BCUT2D eigenvalue weighted by Gasteiger charge is 2.51. The number of hydrogen-bond donors (Lipinski definition) is 1. The van der Waals surface area contributed by atoms with E-state index in [1.165, 1.54) is 13.5 Å². The van der Waals surface area contributed by atoms with Crippen molar-refractivity contribution in [3.8, 4) is 0 Å². The fraction of sp³-hybridized carbons (Fsp3) is 0.933.